The van der Waals surface area contributed by atoms with Gasteiger partial charge in [-0.3, -0.25) is 0 Å². The van der Waals surface area contributed by atoms with Crippen LogP contribution in [0.5, 0.6) is 0 Å². The van der Waals surface area contributed by atoms with Gasteiger partial charge in [0.2, 0.25) is 0 Å². The maximum atomic E-state index is 5.61. The SMILES string of the molecule is CN(C)CCCN(C)c1cc(CN)ccn1. The van der Waals surface area contributed by atoms with Crippen LogP contribution in [0.2, 0.25) is 0 Å². The normalized spacial score (nSPS) is 10.8. The van der Waals surface area contributed by atoms with E-state index >= 15 is 0 Å². The van der Waals surface area contributed by atoms with Crippen molar-refractivity contribution in [2.75, 3.05) is 39.1 Å². The lowest BCUT2D eigenvalue weighted by molar-refractivity contribution is 0.401. The van der Waals surface area contributed by atoms with Gasteiger partial charge >= 0.3 is 0 Å². The smallest absolute Gasteiger partial charge is 0.128 e. The first-order chi connectivity index (χ1) is 7.63. The lowest BCUT2D eigenvalue weighted by atomic mass is 10.2. The molecule has 1 rings (SSSR count). The van der Waals surface area contributed by atoms with Crippen molar-refractivity contribution in [1.82, 2.24) is 9.88 Å². The molecule has 0 atom stereocenters. The van der Waals surface area contributed by atoms with Gasteiger partial charge in [0.25, 0.3) is 0 Å². The van der Waals surface area contributed by atoms with Crippen LogP contribution in [0.1, 0.15) is 12.0 Å². The van der Waals surface area contributed by atoms with Crippen LogP contribution in [0.25, 0.3) is 0 Å². The molecule has 0 aromatic carbocycles. The summed E-state index contributed by atoms with van der Waals surface area (Å²) < 4.78 is 0. The number of pyridine rings is 1. The molecule has 4 heteroatoms. The van der Waals surface area contributed by atoms with Crippen molar-refractivity contribution in [2.45, 2.75) is 13.0 Å². The Hall–Kier alpha value is -1.13. The Kier molecular flexibility index (Phi) is 5.22. The average molecular weight is 222 g/mol. The van der Waals surface area contributed by atoms with Crippen LogP contribution in [-0.2, 0) is 6.54 Å². The Morgan fingerprint density at radius 1 is 1.25 bits per heavy atom. The predicted molar refractivity (Wildman–Crippen MR) is 68.6 cm³/mol. The van der Waals surface area contributed by atoms with Crippen molar-refractivity contribution in [1.29, 1.82) is 0 Å². The quantitative estimate of drug-likeness (QED) is 0.777. The Labute approximate surface area is 98.1 Å². The van der Waals surface area contributed by atoms with Gasteiger partial charge in [-0.2, -0.15) is 0 Å². The maximum Gasteiger partial charge on any atom is 0.128 e. The molecule has 0 unspecified atom stereocenters. The number of nitrogens with two attached hydrogens (primary N) is 1. The molecule has 1 aromatic rings. The molecule has 0 spiro atoms. The Bertz CT molecular complexity index is 312. The number of rotatable bonds is 6. The third-order valence-electron chi connectivity index (χ3n) is 2.54. The molecule has 0 amide bonds. The Balaban J connectivity index is 2.48. The summed E-state index contributed by atoms with van der Waals surface area (Å²) in [5, 5.41) is 0. The van der Waals surface area contributed by atoms with Gasteiger partial charge in [-0.05, 0) is 44.8 Å². The first kappa shape index (κ1) is 12.9. The highest BCUT2D eigenvalue weighted by molar-refractivity contribution is 5.39. The highest BCUT2D eigenvalue weighted by Gasteiger charge is 2.02. The molecule has 1 aromatic heterocycles. The van der Waals surface area contributed by atoms with Crippen LogP contribution < -0.4 is 10.6 Å². The molecule has 0 aliphatic carbocycles. The van der Waals surface area contributed by atoms with E-state index in [2.05, 4.69) is 42.0 Å². The standard InChI is InChI=1S/C12H22N4/c1-15(2)7-4-8-16(3)12-9-11(10-13)5-6-14-12/h5-6,9H,4,7-8,10,13H2,1-3H3. The fourth-order valence-electron chi connectivity index (χ4n) is 1.53. The van der Waals surface area contributed by atoms with Gasteiger partial charge < -0.3 is 15.5 Å². The van der Waals surface area contributed by atoms with Crippen LogP contribution in [0.3, 0.4) is 0 Å². The van der Waals surface area contributed by atoms with Gasteiger partial charge in [0.1, 0.15) is 5.82 Å². The molecule has 0 saturated carbocycles. The van der Waals surface area contributed by atoms with Gasteiger partial charge in [0.05, 0.1) is 0 Å². The minimum Gasteiger partial charge on any atom is -0.360 e. The van der Waals surface area contributed by atoms with Crippen LogP contribution in [-0.4, -0.2) is 44.1 Å². The van der Waals surface area contributed by atoms with Crippen molar-refractivity contribution in [2.24, 2.45) is 5.73 Å². The van der Waals surface area contributed by atoms with Crippen molar-refractivity contribution in [3.8, 4) is 0 Å². The fraction of sp³-hybridized carbons (Fsp3) is 0.583. The zero-order valence-electron chi connectivity index (χ0n) is 10.5. The number of hydrogen-bond donors (Lipinski definition) is 1. The summed E-state index contributed by atoms with van der Waals surface area (Å²) >= 11 is 0. The predicted octanol–water partition coefficient (Wildman–Crippen LogP) is 0.928. The lowest BCUT2D eigenvalue weighted by Crippen LogP contribution is -2.24. The number of hydrogen-bond acceptors (Lipinski definition) is 4. The largest absolute Gasteiger partial charge is 0.360 e. The summed E-state index contributed by atoms with van der Waals surface area (Å²) in [4.78, 5) is 8.70. The summed E-state index contributed by atoms with van der Waals surface area (Å²) in [7, 11) is 6.25. The van der Waals surface area contributed by atoms with Crippen LogP contribution in [0, 0.1) is 0 Å². The molecule has 2 N–H and O–H groups in total. The molecule has 0 radical (unpaired) electrons. The second-order valence-electron chi connectivity index (χ2n) is 4.30. The van der Waals surface area contributed by atoms with E-state index in [0.29, 0.717) is 6.54 Å². The lowest BCUT2D eigenvalue weighted by Gasteiger charge is -2.19. The van der Waals surface area contributed by atoms with Gasteiger partial charge in [0, 0.05) is 26.3 Å². The number of anilines is 1. The van der Waals surface area contributed by atoms with Crippen molar-refractivity contribution < 1.29 is 0 Å². The van der Waals surface area contributed by atoms with Gasteiger partial charge in [-0.15, -0.1) is 0 Å². The molecule has 0 bridgehead atoms. The molecular formula is C12H22N4. The molecule has 4 nitrogen and oxygen atoms in total. The molecule has 16 heavy (non-hydrogen) atoms. The average Bonchev–Trinajstić information content (AvgIpc) is 2.28. The third kappa shape index (κ3) is 4.16. The van der Waals surface area contributed by atoms with E-state index in [4.69, 9.17) is 5.73 Å². The van der Waals surface area contributed by atoms with Crippen molar-refractivity contribution in [3.63, 3.8) is 0 Å². The van der Waals surface area contributed by atoms with Crippen LogP contribution in [0.4, 0.5) is 5.82 Å². The molecule has 0 aliphatic heterocycles. The molecule has 0 fully saturated rings. The van der Waals surface area contributed by atoms with E-state index in [9.17, 15) is 0 Å². The third-order valence-corrected chi connectivity index (χ3v) is 2.54. The van der Waals surface area contributed by atoms with Crippen molar-refractivity contribution in [3.05, 3.63) is 23.9 Å². The molecule has 0 saturated heterocycles. The fourth-order valence-corrected chi connectivity index (χ4v) is 1.53. The van der Waals surface area contributed by atoms with Gasteiger partial charge in [-0.25, -0.2) is 4.98 Å². The minimum absolute atomic E-state index is 0.570. The van der Waals surface area contributed by atoms with Gasteiger partial charge in [-0.1, -0.05) is 0 Å². The second-order valence-corrected chi connectivity index (χ2v) is 4.30. The number of aromatic nitrogens is 1. The van der Waals surface area contributed by atoms with E-state index in [1.54, 1.807) is 0 Å². The highest BCUT2D eigenvalue weighted by Crippen LogP contribution is 2.10. The zero-order chi connectivity index (χ0) is 12.0. The monoisotopic (exact) mass is 222 g/mol. The summed E-state index contributed by atoms with van der Waals surface area (Å²) in [6.07, 6.45) is 2.96. The van der Waals surface area contributed by atoms with E-state index in [0.717, 1.165) is 30.9 Å². The summed E-state index contributed by atoms with van der Waals surface area (Å²) in [6.45, 7) is 2.68. The minimum atomic E-state index is 0.570. The van der Waals surface area contributed by atoms with Gasteiger partial charge in [0.15, 0.2) is 0 Å². The molecule has 0 aliphatic rings. The topological polar surface area (TPSA) is 45.4 Å². The van der Waals surface area contributed by atoms with Crippen molar-refractivity contribution >= 4 is 5.82 Å². The first-order valence-electron chi connectivity index (χ1n) is 5.64. The van der Waals surface area contributed by atoms with E-state index in [1.165, 1.54) is 0 Å². The van der Waals surface area contributed by atoms with Crippen LogP contribution >= 0.6 is 0 Å². The summed E-state index contributed by atoms with van der Waals surface area (Å²) in [5.74, 6) is 1.00. The maximum absolute atomic E-state index is 5.61. The summed E-state index contributed by atoms with van der Waals surface area (Å²) in [6, 6.07) is 4.01. The second kappa shape index (κ2) is 6.45. The molecule has 1 heterocycles. The first-order valence-corrected chi connectivity index (χ1v) is 5.64. The Morgan fingerprint density at radius 2 is 2.00 bits per heavy atom. The molecule has 90 valence electrons. The van der Waals surface area contributed by atoms with E-state index < -0.39 is 0 Å². The Morgan fingerprint density at radius 3 is 2.62 bits per heavy atom. The summed E-state index contributed by atoms with van der Waals surface area (Å²) in [5.41, 5.74) is 6.73. The highest BCUT2D eigenvalue weighted by atomic mass is 15.2. The number of nitrogens with zero attached hydrogens (tertiary/aromatic N) is 3. The molecular weight excluding hydrogens is 200 g/mol. The van der Waals surface area contributed by atoms with Crippen LogP contribution in [0.15, 0.2) is 18.3 Å². The zero-order valence-corrected chi connectivity index (χ0v) is 10.5. The van der Waals surface area contributed by atoms with E-state index in [-0.39, 0.29) is 0 Å². The van der Waals surface area contributed by atoms with E-state index in [1.807, 2.05) is 12.3 Å².